The van der Waals surface area contributed by atoms with Crippen LogP contribution < -0.4 is 0 Å². The first kappa shape index (κ1) is 9.19. The second-order valence-corrected chi connectivity index (χ2v) is 4.49. The normalized spacial score (nSPS) is 42.3. The van der Waals surface area contributed by atoms with Crippen molar-refractivity contribution in [2.24, 2.45) is 23.7 Å². The van der Waals surface area contributed by atoms with E-state index in [2.05, 4.69) is 0 Å². The SMILES string of the molecule is O=C1C(C(F)(F)F)=C[C@@H]2[C@H]1[C@H]1C=C[C@@H]2C1. The molecule has 1 saturated carbocycles. The summed E-state index contributed by atoms with van der Waals surface area (Å²) in [6.45, 7) is 0. The van der Waals surface area contributed by atoms with Gasteiger partial charge in [0.15, 0.2) is 5.78 Å². The van der Waals surface area contributed by atoms with Crippen molar-refractivity contribution in [3.63, 3.8) is 0 Å². The Bertz CT molecular complexity index is 391. The fourth-order valence-electron chi connectivity index (χ4n) is 3.15. The van der Waals surface area contributed by atoms with E-state index in [1.807, 2.05) is 12.2 Å². The van der Waals surface area contributed by atoms with Gasteiger partial charge in [-0.3, -0.25) is 4.79 Å². The molecular weight excluding hydrogens is 205 g/mol. The molecule has 3 aliphatic rings. The van der Waals surface area contributed by atoms with Crippen molar-refractivity contribution >= 4 is 5.78 Å². The van der Waals surface area contributed by atoms with Crippen molar-refractivity contribution in [3.05, 3.63) is 23.8 Å². The third-order valence-electron chi connectivity index (χ3n) is 3.75. The highest BCUT2D eigenvalue weighted by molar-refractivity contribution is 6.02. The molecular formula is C11H9F3O. The predicted octanol–water partition coefficient (Wildman–Crippen LogP) is 2.50. The average Bonchev–Trinajstić information content (AvgIpc) is 2.73. The number of ketones is 1. The maximum absolute atomic E-state index is 12.5. The number of fused-ring (bicyclic) bond motifs is 5. The first-order chi connectivity index (χ1) is 6.98. The zero-order chi connectivity index (χ0) is 10.8. The van der Waals surface area contributed by atoms with Gasteiger partial charge in [-0.05, 0) is 24.2 Å². The Morgan fingerprint density at radius 3 is 2.47 bits per heavy atom. The fraction of sp³-hybridized carbons (Fsp3) is 0.545. The van der Waals surface area contributed by atoms with Gasteiger partial charge in [0.05, 0.1) is 5.57 Å². The van der Waals surface area contributed by atoms with Gasteiger partial charge in [0.2, 0.25) is 0 Å². The molecule has 3 rings (SSSR count). The largest absolute Gasteiger partial charge is 0.419 e. The quantitative estimate of drug-likeness (QED) is 0.566. The first-order valence-corrected chi connectivity index (χ1v) is 5.00. The minimum absolute atomic E-state index is 0.0450. The Kier molecular flexibility index (Phi) is 1.56. The van der Waals surface area contributed by atoms with Crippen molar-refractivity contribution < 1.29 is 18.0 Å². The molecule has 0 aromatic rings. The van der Waals surface area contributed by atoms with Crippen LogP contribution in [-0.2, 0) is 4.79 Å². The number of carbonyl (C=O) groups is 1. The number of Topliss-reactive ketones (excluding diaryl/α,β-unsaturated/α-hetero) is 1. The van der Waals surface area contributed by atoms with E-state index in [4.69, 9.17) is 0 Å². The number of alkyl halides is 3. The lowest BCUT2D eigenvalue weighted by Gasteiger charge is -2.18. The third kappa shape index (κ3) is 1.08. The maximum atomic E-state index is 12.5. The fourth-order valence-corrected chi connectivity index (χ4v) is 3.15. The molecule has 0 aromatic heterocycles. The Hall–Kier alpha value is -1.06. The van der Waals surface area contributed by atoms with Gasteiger partial charge < -0.3 is 0 Å². The van der Waals surface area contributed by atoms with E-state index >= 15 is 0 Å². The van der Waals surface area contributed by atoms with Crippen LogP contribution in [0.4, 0.5) is 13.2 Å². The lowest BCUT2D eigenvalue weighted by atomic mass is 9.85. The van der Waals surface area contributed by atoms with E-state index in [0.29, 0.717) is 0 Å². The molecule has 0 heterocycles. The van der Waals surface area contributed by atoms with Gasteiger partial charge in [-0.25, -0.2) is 0 Å². The summed E-state index contributed by atoms with van der Waals surface area (Å²) in [5.74, 6) is -1.10. The average molecular weight is 214 g/mol. The molecule has 0 amide bonds. The Labute approximate surface area is 84.7 Å². The highest BCUT2D eigenvalue weighted by Gasteiger charge is 2.56. The lowest BCUT2D eigenvalue weighted by Crippen LogP contribution is -2.25. The summed E-state index contributed by atoms with van der Waals surface area (Å²) in [6, 6.07) is 0. The van der Waals surface area contributed by atoms with Crippen molar-refractivity contribution in [2.45, 2.75) is 12.6 Å². The monoisotopic (exact) mass is 214 g/mol. The number of hydrogen-bond acceptors (Lipinski definition) is 1. The van der Waals surface area contributed by atoms with Gasteiger partial charge in [-0.15, -0.1) is 0 Å². The van der Waals surface area contributed by atoms with E-state index in [-0.39, 0.29) is 17.8 Å². The van der Waals surface area contributed by atoms with Crippen LogP contribution in [0.25, 0.3) is 0 Å². The molecule has 2 bridgehead atoms. The minimum Gasteiger partial charge on any atom is -0.294 e. The Balaban J connectivity index is 1.99. The zero-order valence-corrected chi connectivity index (χ0v) is 7.79. The summed E-state index contributed by atoms with van der Waals surface area (Å²) in [5, 5.41) is 0. The minimum atomic E-state index is -4.47. The van der Waals surface area contributed by atoms with E-state index < -0.39 is 23.5 Å². The summed E-state index contributed by atoms with van der Waals surface area (Å²) in [6.07, 6.45) is 1.39. The maximum Gasteiger partial charge on any atom is 0.419 e. The van der Waals surface area contributed by atoms with Gasteiger partial charge in [0.25, 0.3) is 0 Å². The van der Waals surface area contributed by atoms with Crippen LogP contribution in [0.5, 0.6) is 0 Å². The van der Waals surface area contributed by atoms with Crippen LogP contribution in [0.1, 0.15) is 6.42 Å². The van der Waals surface area contributed by atoms with Gasteiger partial charge in [-0.2, -0.15) is 13.2 Å². The summed E-state index contributed by atoms with van der Waals surface area (Å²) in [7, 11) is 0. The molecule has 0 spiro atoms. The van der Waals surface area contributed by atoms with Crippen molar-refractivity contribution in [1.82, 2.24) is 0 Å². The number of hydrogen-bond donors (Lipinski definition) is 0. The standard InChI is InChI=1S/C11H9F3O/c12-11(13,14)8-4-7-5-1-2-6(3-5)9(7)10(8)15/h1-2,4-7,9H,3H2/t5-,6+,7+,9-/m1/s1. The summed E-state index contributed by atoms with van der Waals surface area (Å²) >= 11 is 0. The van der Waals surface area contributed by atoms with Crippen LogP contribution >= 0.6 is 0 Å². The summed E-state index contributed by atoms with van der Waals surface area (Å²) < 4.78 is 37.4. The highest BCUT2D eigenvalue weighted by atomic mass is 19.4. The molecule has 0 saturated heterocycles. The van der Waals surface area contributed by atoms with Gasteiger partial charge in [-0.1, -0.05) is 18.2 Å². The second kappa shape index (κ2) is 2.54. The Morgan fingerprint density at radius 2 is 1.87 bits per heavy atom. The zero-order valence-electron chi connectivity index (χ0n) is 7.79. The molecule has 3 aliphatic carbocycles. The molecule has 1 fully saturated rings. The molecule has 15 heavy (non-hydrogen) atoms. The second-order valence-electron chi connectivity index (χ2n) is 4.49. The van der Waals surface area contributed by atoms with E-state index in [0.717, 1.165) is 12.5 Å². The molecule has 4 atom stereocenters. The molecule has 0 unspecified atom stereocenters. The molecule has 80 valence electrons. The van der Waals surface area contributed by atoms with Crippen LogP contribution in [-0.4, -0.2) is 12.0 Å². The van der Waals surface area contributed by atoms with E-state index in [1.165, 1.54) is 0 Å². The smallest absolute Gasteiger partial charge is 0.294 e. The van der Waals surface area contributed by atoms with Gasteiger partial charge >= 0.3 is 6.18 Å². The summed E-state index contributed by atoms with van der Waals surface area (Å²) in [4.78, 5) is 11.6. The summed E-state index contributed by atoms with van der Waals surface area (Å²) in [5.41, 5.74) is -0.920. The molecule has 0 aliphatic heterocycles. The van der Waals surface area contributed by atoms with Crippen molar-refractivity contribution in [1.29, 1.82) is 0 Å². The molecule has 0 N–H and O–H groups in total. The van der Waals surface area contributed by atoms with Gasteiger partial charge in [0, 0.05) is 5.92 Å². The molecule has 0 radical (unpaired) electrons. The molecule has 4 heteroatoms. The lowest BCUT2D eigenvalue weighted by molar-refractivity contribution is -0.131. The number of rotatable bonds is 0. The van der Waals surface area contributed by atoms with Crippen LogP contribution in [0.2, 0.25) is 0 Å². The van der Waals surface area contributed by atoms with Crippen LogP contribution in [0.15, 0.2) is 23.8 Å². The molecule has 0 aromatic carbocycles. The van der Waals surface area contributed by atoms with Crippen LogP contribution in [0, 0.1) is 23.7 Å². The van der Waals surface area contributed by atoms with Crippen molar-refractivity contribution in [2.75, 3.05) is 0 Å². The third-order valence-corrected chi connectivity index (χ3v) is 3.75. The number of carbonyl (C=O) groups excluding carboxylic acids is 1. The first-order valence-electron chi connectivity index (χ1n) is 5.00. The van der Waals surface area contributed by atoms with E-state index in [9.17, 15) is 18.0 Å². The predicted molar refractivity (Wildman–Crippen MR) is 46.9 cm³/mol. The molecule has 1 nitrogen and oxygen atoms in total. The number of halogens is 3. The number of allylic oxidation sites excluding steroid dienone is 4. The van der Waals surface area contributed by atoms with Gasteiger partial charge in [0.1, 0.15) is 0 Å². The topological polar surface area (TPSA) is 17.1 Å². The van der Waals surface area contributed by atoms with Crippen molar-refractivity contribution in [3.8, 4) is 0 Å². The Morgan fingerprint density at radius 1 is 1.20 bits per heavy atom. The highest BCUT2D eigenvalue weighted by Crippen LogP contribution is 2.54. The van der Waals surface area contributed by atoms with Crippen LogP contribution in [0.3, 0.4) is 0 Å². The van der Waals surface area contributed by atoms with E-state index in [1.54, 1.807) is 0 Å².